The Hall–Kier alpha value is -3.88. The first-order valence-electron chi connectivity index (χ1n) is 10.6. The summed E-state index contributed by atoms with van der Waals surface area (Å²) in [5.41, 5.74) is 9.66. The van der Waals surface area contributed by atoms with Gasteiger partial charge in [0.2, 0.25) is 0 Å². The number of fused-ring (bicyclic) bond motifs is 3. The number of aromatic nitrogens is 1. The van der Waals surface area contributed by atoms with Crippen LogP contribution in [-0.4, -0.2) is 37.6 Å². The van der Waals surface area contributed by atoms with E-state index in [1.807, 2.05) is 6.92 Å². The summed E-state index contributed by atoms with van der Waals surface area (Å²) in [4.78, 5) is 4.28. The summed E-state index contributed by atoms with van der Waals surface area (Å²) < 4.78 is 25.9. The third kappa shape index (κ3) is 4.82. The van der Waals surface area contributed by atoms with E-state index < -0.39 is 11.9 Å². The van der Waals surface area contributed by atoms with Gasteiger partial charge in [-0.15, -0.1) is 0 Å². The Bertz CT molecular complexity index is 1140. The van der Waals surface area contributed by atoms with Crippen molar-refractivity contribution in [3.05, 3.63) is 70.0 Å². The number of nitrogens with zero attached hydrogens (tertiary/aromatic N) is 1. The average molecular weight is 453 g/mol. The molecule has 3 rings (SSSR count). The zero-order chi connectivity index (χ0) is 24.1. The first kappa shape index (κ1) is 23.8. The van der Waals surface area contributed by atoms with Crippen molar-refractivity contribution in [1.29, 1.82) is 10.8 Å². The van der Waals surface area contributed by atoms with Crippen LogP contribution in [0.15, 0.2) is 47.5 Å². The molecule has 0 radical (unpaired) electrons. The number of pyridine rings is 1. The predicted octanol–water partition coefficient (Wildman–Crippen LogP) is 3.76. The molecule has 0 aliphatic carbocycles. The fourth-order valence-corrected chi connectivity index (χ4v) is 3.84. The highest BCUT2D eigenvalue weighted by molar-refractivity contribution is 6.13. The predicted molar refractivity (Wildman–Crippen MR) is 128 cm³/mol. The second-order valence-electron chi connectivity index (χ2n) is 7.49. The van der Waals surface area contributed by atoms with Crippen molar-refractivity contribution in [2.45, 2.75) is 26.4 Å². The van der Waals surface area contributed by atoms with Gasteiger partial charge in [0.25, 0.3) is 0 Å². The van der Waals surface area contributed by atoms with E-state index in [4.69, 9.17) is 26.0 Å². The van der Waals surface area contributed by atoms with Crippen molar-refractivity contribution in [2.24, 2.45) is 0 Å². The van der Waals surface area contributed by atoms with Crippen LogP contribution in [0.3, 0.4) is 0 Å². The van der Waals surface area contributed by atoms with Gasteiger partial charge in [-0.05, 0) is 43.7 Å². The van der Waals surface area contributed by atoms with Gasteiger partial charge >= 0.3 is 0 Å². The highest BCUT2D eigenvalue weighted by Crippen LogP contribution is 2.34. The summed E-state index contributed by atoms with van der Waals surface area (Å²) in [6.07, 6.45) is 2.44. The highest BCUT2D eigenvalue weighted by atomic mass is 19.1. The number of nitrogens with one attached hydrogen (secondary N) is 4. The molecule has 6 N–H and O–H groups in total. The number of hydrogen-bond acceptors (Lipinski definition) is 8. The minimum atomic E-state index is -0.620. The molecule has 0 fully saturated rings. The van der Waals surface area contributed by atoms with Crippen LogP contribution in [-0.2, 0) is 4.74 Å². The lowest BCUT2D eigenvalue weighted by Gasteiger charge is -2.24. The number of benzene rings is 1. The lowest BCUT2D eigenvalue weighted by molar-refractivity contribution is 0.227. The first-order valence-corrected chi connectivity index (χ1v) is 10.6. The molecule has 1 unspecified atom stereocenters. The third-order valence-corrected chi connectivity index (χ3v) is 5.42. The van der Waals surface area contributed by atoms with Crippen LogP contribution in [0.2, 0.25) is 0 Å². The minimum Gasteiger partial charge on any atom is -0.482 e. The van der Waals surface area contributed by atoms with Crippen LogP contribution >= 0.6 is 0 Å². The summed E-state index contributed by atoms with van der Waals surface area (Å²) in [6.45, 7) is 4.32. The van der Waals surface area contributed by atoms with Crippen LogP contribution in [0.1, 0.15) is 43.1 Å². The SMILES string of the molecule is CCN/C1=C(\C=N)C/C(=C(/NC)OC)C(=N)c2ccc(F)cc2C(C)Oc2cc1cnc2N. The van der Waals surface area contributed by atoms with E-state index in [2.05, 4.69) is 15.6 Å². The molecule has 1 aliphatic rings. The van der Waals surface area contributed by atoms with E-state index in [9.17, 15) is 4.39 Å². The average Bonchev–Trinajstić information content (AvgIpc) is 2.81. The van der Waals surface area contributed by atoms with Crippen molar-refractivity contribution < 1.29 is 13.9 Å². The van der Waals surface area contributed by atoms with Gasteiger partial charge in [-0.25, -0.2) is 9.37 Å². The number of rotatable bonds is 5. The Morgan fingerprint density at radius 2 is 2.15 bits per heavy atom. The number of allylic oxidation sites excluding steroid dienone is 2. The number of methoxy groups -OCH3 is 1. The van der Waals surface area contributed by atoms with E-state index in [1.165, 1.54) is 25.5 Å². The fraction of sp³-hybridized carbons (Fsp3) is 0.292. The van der Waals surface area contributed by atoms with Gasteiger partial charge < -0.3 is 31.3 Å². The number of ether oxygens (including phenoxy) is 2. The largest absolute Gasteiger partial charge is 0.482 e. The van der Waals surface area contributed by atoms with Crippen LogP contribution in [0.4, 0.5) is 10.2 Å². The molecule has 2 heterocycles. The Kier molecular flexibility index (Phi) is 7.32. The molecule has 1 aliphatic heterocycles. The number of nitrogen functional groups attached to an aromatic ring is 1. The molecule has 0 saturated heterocycles. The molecule has 9 heteroatoms. The normalized spacial score (nSPS) is 19.9. The molecule has 8 nitrogen and oxygen atoms in total. The molecule has 174 valence electrons. The van der Waals surface area contributed by atoms with Gasteiger partial charge in [-0.2, -0.15) is 0 Å². The summed E-state index contributed by atoms with van der Waals surface area (Å²) in [5.74, 6) is 0.475. The van der Waals surface area contributed by atoms with Crippen LogP contribution in [0.5, 0.6) is 5.75 Å². The zero-order valence-corrected chi connectivity index (χ0v) is 19.2. The highest BCUT2D eigenvalue weighted by Gasteiger charge is 2.25. The maximum absolute atomic E-state index is 14.2. The molecule has 1 aromatic heterocycles. The fourth-order valence-electron chi connectivity index (χ4n) is 3.84. The third-order valence-electron chi connectivity index (χ3n) is 5.42. The van der Waals surface area contributed by atoms with Crippen molar-refractivity contribution in [3.63, 3.8) is 0 Å². The van der Waals surface area contributed by atoms with Gasteiger partial charge in [-0.1, -0.05) is 0 Å². The summed E-state index contributed by atoms with van der Waals surface area (Å²) >= 11 is 0. The molecule has 2 aromatic rings. The van der Waals surface area contributed by atoms with Crippen LogP contribution in [0, 0.1) is 16.6 Å². The first-order chi connectivity index (χ1) is 15.8. The van der Waals surface area contributed by atoms with Gasteiger partial charge in [0.15, 0.2) is 17.5 Å². The van der Waals surface area contributed by atoms with E-state index in [-0.39, 0.29) is 18.0 Å². The number of nitrogens with two attached hydrogens (primary N) is 1. The maximum atomic E-state index is 14.2. The standard InChI is InChI=1S/C24H29FN6O2/c1-5-30-22-14(11-26)8-19(24(29-3)32-4)21(27)17-7-6-16(25)10-18(17)13(2)33-20-9-15(22)12-31-23(20)28/h6-7,9-13,26-27,29-30H,5,8H2,1-4H3,(H2,28,31)/b22-14-,24-19+,26-11?,27-21?. The Morgan fingerprint density at radius 3 is 2.79 bits per heavy atom. The van der Waals surface area contributed by atoms with E-state index in [0.717, 1.165) is 0 Å². The van der Waals surface area contributed by atoms with Crippen molar-refractivity contribution in [3.8, 4) is 5.75 Å². The molecule has 0 saturated carbocycles. The van der Waals surface area contributed by atoms with Crippen molar-refractivity contribution in [2.75, 3.05) is 26.4 Å². The maximum Gasteiger partial charge on any atom is 0.191 e. The minimum absolute atomic E-state index is 0.136. The molecule has 2 bridgehead atoms. The number of halogens is 1. The van der Waals surface area contributed by atoms with Crippen molar-refractivity contribution in [1.82, 2.24) is 15.6 Å². The molecular weight excluding hydrogens is 423 g/mol. The van der Waals surface area contributed by atoms with Gasteiger partial charge in [-0.3, -0.25) is 5.41 Å². The molecule has 0 spiro atoms. The quantitative estimate of drug-likeness (QED) is 0.347. The second-order valence-corrected chi connectivity index (χ2v) is 7.49. The summed E-state index contributed by atoms with van der Waals surface area (Å²) in [6, 6.07) is 5.97. The monoisotopic (exact) mass is 452 g/mol. The number of anilines is 1. The second kappa shape index (κ2) is 10.2. The lowest BCUT2D eigenvalue weighted by atomic mass is 9.90. The molecule has 1 atom stereocenters. The van der Waals surface area contributed by atoms with E-state index in [0.29, 0.717) is 51.7 Å². The number of hydrogen-bond donors (Lipinski definition) is 5. The lowest BCUT2D eigenvalue weighted by Crippen LogP contribution is -2.22. The van der Waals surface area contributed by atoms with Crippen LogP contribution < -0.4 is 21.1 Å². The summed E-state index contributed by atoms with van der Waals surface area (Å²) in [7, 11) is 3.20. The zero-order valence-electron chi connectivity index (χ0n) is 19.2. The van der Waals surface area contributed by atoms with Gasteiger partial charge in [0.1, 0.15) is 11.9 Å². The van der Waals surface area contributed by atoms with Crippen molar-refractivity contribution >= 4 is 23.4 Å². The molecule has 1 aromatic carbocycles. The van der Waals surface area contributed by atoms with Crippen LogP contribution in [0.25, 0.3) is 5.70 Å². The van der Waals surface area contributed by atoms with Gasteiger partial charge in [0, 0.05) is 60.4 Å². The smallest absolute Gasteiger partial charge is 0.191 e. The topological polar surface area (TPSA) is 129 Å². The Balaban J connectivity index is 2.38. The molecule has 0 amide bonds. The van der Waals surface area contributed by atoms with Gasteiger partial charge in [0.05, 0.1) is 12.8 Å². The summed E-state index contributed by atoms with van der Waals surface area (Å²) in [5, 5.41) is 23.4. The Labute approximate surface area is 192 Å². The van der Waals surface area contributed by atoms with E-state index >= 15 is 0 Å². The molecular formula is C24H29FN6O2. The van der Waals surface area contributed by atoms with E-state index in [1.54, 1.807) is 32.3 Å². The Morgan fingerprint density at radius 1 is 1.39 bits per heavy atom. The molecule has 33 heavy (non-hydrogen) atoms.